The van der Waals surface area contributed by atoms with E-state index in [4.69, 9.17) is 0 Å². The van der Waals surface area contributed by atoms with E-state index in [1.807, 2.05) is 6.07 Å². The molecule has 0 bridgehead atoms. The maximum atomic E-state index is 11.7. The van der Waals surface area contributed by atoms with Gasteiger partial charge in [0.05, 0.1) is 5.75 Å². The molecule has 7 heteroatoms. The Morgan fingerprint density at radius 3 is 2.78 bits per heavy atom. The molecule has 18 heavy (non-hydrogen) atoms. The largest absolute Gasteiger partial charge is 0.308 e. The van der Waals surface area contributed by atoms with Crippen LogP contribution in [-0.4, -0.2) is 47.8 Å². The highest BCUT2D eigenvalue weighted by molar-refractivity contribution is 7.89. The van der Waals surface area contributed by atoms with E-state index in [2.05, 4.69) is 15.5 Å². The van der Waals surface area contributed by atoms with Crippen LogP contribution in [0.1, 0.15) is 25.5 Å². The summed E-state index contributed by atoms with van der Waals surface area (Å²) in [6.45, 7) is 3.69. The van der Waals surface area contributed by atoms with Crippen LogP contribution in [0.4, 0.5) is 0 Å². The molecule has 1 aromatic heterocycles. The van der Waals surface area contributed by atoms with E-state index >= 15 is 0 Å². The van der Waals surface area contributed by atoms with E-state index in [1.54, 1.807) is 17.4 Å². The maximum Gasteiger partial charge on any atom is 0.213 e. The second-order valence-corrected chi connectivity index (χ2v) is 6.79. The lowest BCUT2D eigenvalue weighted by Crippen LogP contribution is -2.45. The minimum absolute atomic E-state index is 0.194. The van der Waals surface area contributed by atoms with Gasteiger partial charge in [-0.1, -0.05) is 0 Å². The van der Waals surface area contributed by atoms with Crippen molar-refractivity contribution in [2.24, 2.45) is 0 Å². The monoisotopic (exact) mass is 272 g/mol. The van der Waals surface area contributed by atoms with Gasteiger partial charge in [-0.15, -0.1) is 0 Å². The van der Waals surface area contributed by atoms with Gasteiger partial charge < -0.3 is 5.32 Å². The first-order chi connectivity index (χ1) is 8.62. The Morgan fingerprint density at radius 2 is 2.22 bits per heavy atom. The predicted octanol–water partition coefficient (Wildman–Crippen LogP) is 0.313. The number of aromatic nitrogens is 2. The standard InChI is InChI=1S/C11H20N4O2S/c1-2-18(16,17)15-7-4-10(5-8-15)12-9-11-3-6-13-14-11/h3,6,10,12H,2,4-5,7-9H2,1H3,(H,13,14). The highest BCUT2D eigenvalue weighted by Crippen LogP contribution is 2.14. The summed E-state index contributed by atoms with van der Waals surface area (Å²) in [4.78, 5) is 0. The van der Waals surface area contributed by atoms with Crippen molar-refractivity contribution in [2.75, 3.05) is 18.8 Å². The van der Waals surface area contributed by atoms with Crippen molar-refractivity contribution in [1.29, 1.82) is 0 Å². The van der Waals surface area contributed by atoms with Crippen LogP contribution in [-0.2, 0) is 16.6 Å². The molecule has 1 aliphatic rings. The number of hydrogen-bond acceptors (Lipinski definition) is 4. The predicted molar refractivity (Wildman–Crippen MR) is 69.5 cm³/mol. The Morgan fingerprint density at radius 1 is 1.50 bits per heavy atom. The Labute approximate surface area is 108 Å². The van der Waals surface area contributed by atoms with Gasteiger partial charge in [0, 0.05) is 37.6 Å². The summed E-state index contributed by atoms with van der Waals surface area (Å²) in [6, 6.07) is 2.32. The lowest BCUT2D eigenvalue weighted by molar-refractivity contribution is 0.288. The molecule has 0 radical (unpaired) electrons. The molecule has 0 atom stereocenters. The third kappa shape index (κ3) is 3.30. The number of nitrogens with one attached hydrogen (secondary N) is 2. The minimum Gasteiger partial charge on any atom is -0.308 e. The zero-order valence-electron chi connectivity index (χ0n) is 10.6. The SMILES string of the molecule is CCS(=O)(=O)N1CCC(NCc2ccn[nH]2)CC1. The molecule has 2 heterocycles. The normalized spacial score (nSPS) is 19.2. The number of H-pyrrole nitrogens is 1. The van der Waals surface area contributed by atoms with Crippen LogP contribution in [0.2, 0.25) is 0 Å². The summed E-state index contributed by atoms with van der Waals surface area (Å²) in [5.74, 6) is 0.194. The fourth-order valence-electron chi connectivity index (χ4n) is 2.16. The van der Waals surface area contributed by atoms with Gasteiger partial charge in [-0.05, 0) is 25.8 Å². The van der Waals surface area contributed by atoms with Crippen LogP contribution in [0.3, 0.4) is 0 Å². The number of sulfonamides is 1. The van der Waals surface area contributed by atoms with Gasteiger partial charge in [0.25, 0.3) is 0 Å². The number of piperidine rings is 1. The molecule has 6 nitrogen and oxygen atoms in total. The summed E-state index contributed by atoms with van der Waals surface area (Å²) in [5, 5.41) is 10.2. The van der Waals surface area contributed by atoms with Gasteiger partial charge in [0.1, 0.15) is 0 Å². The van der Waals surface area contributed by atoms with Gasteiger partial charge in [-0.25, -0.2) is 12.7 Å². The molecular weight excluding hydrogens is 252 g/mol. The van der Waals surface area contributed by atoms with Crippen LogP contribution in [0.5, 0.6) is 0 Å². The Balaban J connectivity index is 1.77. The fraction of sp³-hybridized carbons (Fsp3) is 0.727. The van der Waals surface area contributed by atoms with Gasteiger partial charge >= 0.3 is 0 Å². The molecular formula is C11H20N4O2S. The maximum absolute atomic E-state index is 11.7. The van der Waals surface area contributed by atoms with Gasteiger partial charge in [-0.3, -0.25) is 5.10 Å². The lowest BCUT2D eigenvalue weighted by atomic mass is 10.1. The molecule has 1 saturated heterocycles. The van der Waals surface area contributed by atoms with Crippen LogP contribution >= 0.6 is 0 Å². The van der Waals surface area contributed by atoms with Crippen molar-refractivity contribution in [3.8, 4) is 0 Å². The fourth-order valence-corrected chi connectivity index (χ4v) is 3.29. The molecule has 0 saturated carbocycles. The van der Waals surface area contributed by atoms with Crippen molar-refractivity contribution in [3.05, 3.63) is 18.0 Å². The molecule has 0 aliphatic carbocycles. The zero-order chi connectivity index (χ0) is 13.0. The van der Waals surface area contributed by atoms with E-state index in [0.29, 0.717) is 19.1 Å². The first-order valence-corrected chi connectivity index (χ1v) is 7.92. The molecule has 102 valence electrons. The molecule has 1 fully saturated rings. The van der Waals surface area contributed by atoms with Crippen molar-refractivity contribution in [2.45, 2.75) is 32.4 Å². The summed E-state index contributed by atoms with van der Waals surface area (Å²) in [7, 11) is -3.01. The van der Waals surface area contributed by atoms with E-state index in [1.165, 1.54) is 0 Å². The summed E-state index contributed by atoms with van der Waals surface area (Å²) in [6.07, 6.45) is 3.47. The Bertz CT molecular complexity index is 449. The molecule has 0 unspecified atom stereocenters. The van der Waals surface area contributed by atoms with Crippen LogP contribution < -0.4 is 5.32 Å². The number of aromatic amines is 1. The van der Waals surface area contributed by atoms with E-state index < -0.39 is 10.0 Å². The molecule has 0 amide bonds. The van der Waals surface area contributed by atoms with Crippen molar-refractivity contribution >= 4 is 10.0 Å². The third-order valence-electron chi connectivity index (χ3n) is 3.35. The quantitative estimate of drug-likeness (QED) is 0.809. The lowest BCUT2D eigenvalue weighted by Gasteiger charge is -2.31. The second kappa shape index (κ2) is 5.81. The summed E-state index contributed by atoms with van der Waals surface area (Å²) >= 11 is 0. The van der Waals surface area contributed by atoms with Crippen LogP contribution in [0.15, 0.2) is 12.3 Å². The molecule has 1 aliphatic heterocycles. The highest BCUT2D eigenvalue weighted by atomic mass is 32.2. The molecule has 2 rings (SSSR count). The van der Waals surface area contributed by atoms with Crippen LogP contribution in [0, 0.1) is 0 Å². The summed E-state index contributed by atoms with van der Waals surface area (Å²) < 4.78 is 25.0. The zero-order valence-corrected chi connectivity index (χ0v) is 11.4. The van der Waals surface area contributed by atoms with Crippen molar-refractivity contribution in [3.63, 3.8) is 0 Å². The van der Waals surface area contributed by atoms with Crippen molar-refractivity contribution in [1.82, 2.24) is 19.8 Å². The molecule has 0 spiro atoms. The van der Waals surface area contributed by atoms with E-state index in [0.717, 1.165) is 25.1 Å². The number of nitrogens with zero attached hydrogens (tertiary/aromatic N) is 2. The van der Waals surface area contributed by atoms with Gasteiger partial charge in [0.2, 0.25) is 10.0 Å². The minimum atomic E-state index is -3.01. The van der Waals surface area contributed by atoms with E-state index in [-0.39, 0.29) is 5.75 Å². The average molecular weight is 272 g/mol. The topological polar surface area (TPSA) is 78.1 Å². The molecule has 2 N–H and O–H groups in total. The van der Waals surface area contributed by atoms with Gasteiger partial charge in [0.15, 0.2) is 0 Å². The Kier molecular flexibility index (Phi) is 4.36. The second-order valence-electron chi connectivity index (χ2n) is 4.54. The highest BCUT2D eigenvalue weighted by Gasteiger charge is 2.26. The Hall–Kier alpha value is -0.920. The average Bonchev–Trinajstić information content (AvgIpc) is 2.90. The number of hydrogen-bond donors (Lipinski definition) is 2. The van der Waals surface area contributed by atoms with Crippen LogP contribution in [0.25, 0.3) is 0 Å². The smallest absolute Gasteiger partial charge is 0.213 e. The first-order valence-electron chi connectivity index (χ1n) is 6.31. The van der Waals surface area contributed by atoms with Gasteiger partial charge in [-0.2, -0.15) is 5.10 Å². The number of rotatable bonds is 5. The third-order valence-corrected chi connectivity index (χ3v) is 5.23. The van der Waals surface area contributed by atoms with Crippen molar-refractivity contribution < 1.29 is 8.42 Å². The first kappa shape index (κ1) is 13.5. The summed E-state index contributed by atoms with van der Waals surface area (Å²) in [5.41, 5.74) is 1.05. The molecule has 1 aromatic rings. The van der Waals surface area contributed by atoms with E-state index in [9.17, 15) is 8.42 Å². The molecule has 0 aromatic carbocycles.